The van der Waals surface area contributed by atoms with Crippen molar-refractivity contribution in [3.05, 3.63) is 94.0 Å². The largest absolute Gasteiger partial charge is 0.497 e. The van der Waals surface area contributed by atoms with Crippen LogP contribution in [0.3, 0.4) is 0 Å². The zero-order valence-corrected chi connectivity index (χ0v) is 21.5. The summed E-state index contributed by atoms with van der Waals surface area (Å²) in [6.45, 7) is 4.02. The third-order valence-corrected chi connectivity index (χ3v) is 7.71. The number of carbonyl (C=O) groups excluding carboxylic acids is 1. The minimum Gasteiger partial charge on any atom is -0.497 e. The van der Waals surface area contributed by atoms with E-state index < -0.39 is 10.0 Å². The predicted molar refractivity (Wildman–Crippen MR) is 140 cm³/mol. The molecule has 35 heavy (non-hydrogen) atoms. The van der Waals surface area contributed by atoms with Gasteiger partial charge in [-0.15, -0.1) is 0 Å². The van der Waals surface area contributed by atoms with Crippen molar-refractivity contribution >= 4 is 21.6 Å². The lowest BCUT2D eigenvalue weighted by Crippen LogP contribution is -2.31. The van der Waals surface area contributed by atoms with Crippen molar-refractivity contribution in [2.75, 3.05) is 17.7 Å². The third kappa shape index (κ3) is 5.51. The van der Waals surface area contributed by atoms with Crippen LogP contribution in [0.5, 0.6) is 5.75 Å². The Balaban J connectivity index is 1.51. The zero-order valence-electron chi connectivity index (χ0n) is 20.7. The molecule has 0 aliphatic heterocycles. The minimum atomic E-state index is -3.50. The molecule has 0 heterocycles. The van der Waals surface area contributed by atoms with Crippen LogP contribution in [-0.4, -0.2) is 27.7 Å². The Morgan fingerprint density at radius 2 is 1.74 bits per heavy atom. The number of nitrogens with zero attached hydrogens (tertiary/aromatic N) is 1. The first kappa shape index (κ1) is 24.8. The first-order valence-electron chi connectivity index (χ1n) is 11.8. The standard InChI is InChI=1S/C28H32N2O4S/c1-19-7-5-8-20(2)27(19)30(35(4,32)33)18-21-11-13-22(14-12-21)28(31)29-26-10-6-9-23-17-24(34-3)15-16-25(23)26/h5,7-8,11-17,26H,6,9-10,18H2,1-4H3,(H,29,31). The zero-order chi connectivity index (χ0) is 25.2. The molecule has 4 rings (SSSR count). The Labute approximate surface area is 208 Å². The number of para-hydroxylation sites is 1. The van der Waals surface area contributed by atoms with E-state index in [4.69, 9.17) is 4.74 Å². The van der Waals surface area contributed by atoms with E-state index in [1.165, 1.54) is 16.1 Å². The van der Waals surface area contributed by atoms with Gasteiger partial charge in [-0.1, -0.05) is 36.4 Å². The second-order valence-electron chi connectivity index (χ2n) is 9.19. The van der Waals surface area contributed by atoms with Crippen molar-refractivity contribution in [3.8, 4) is 5.75 Å². The van der Waals surface area contributed by atoms with Gasteiger partial charge in [0.1, 0.15) is 5.75 Å². The van der Waals surface area contributed by atoms with E-state index in [9.17, 15) is 13.2 Å². The number of hydrogen-bond acceptors (Lipinski definition) is 4. The van der Waals surface area contributed by atoms with Crippen LogP contribution >= 0.6 is 0 Å². The lowest BCUT2D eigenvalue weighted by Gasteiger charge is -2.27. The molecule has 0 spiro atoms. The molecule has 1 aliphatic rings. The van der Waals surface area contributed by atoms with E-state index in [0.717, 1.165) is 47.3 Å². The van der Waals surface area contributed by atoms with Crippen molar-refractivity contribution in [1.29, 1.82) is 0 Å². The number of anilines is 1. The van der Waals surface area contributed by atoms with Gasteiger partial charge in [0.25, 0.3) is 5.91 Å². The number of ether oxygens (including phenoxy) is 1. The molecule has 0 saturated heterocycles. The van der Waals surface area contributed by atoms with Crippen molar-refractivity contribution in [1.82, 2.24) is 5.32 Å². The fourth-order valence-corrected chi connectivity index (χ4v) is 5.80. The summed E-state index contributed by atoms with van der Waals surface area (Å²) in [6, 6.07) is 18.9. The number of amides is 1. The van der Waals surface area contributed by atoms with Gasteiger partial charge in [-0.2, -0.15) is 0 Å². The summed E-state index contributed by atoms with van der Waals surface area (Å²) in [6.07, 6.45) is 4.09. The highest BCUT2D eigenvalue weighted by molar-refractivity contribution is 7.92. The fraction of sp³-hybridized carbons (Fsp3) is 0.321. The smallest absolute Gasteiger partial charge is 0.251 e. The lowest BCUT2D eigenvalue weighted by molar-refractivity contribution is 0.0932. The number of hydrogen-bond donors (Lipinski definition) is 1. The minimum absolute atomic E-state index is 0.0402. The highest BCUT2D eigenvalue weighted by atomic mass is 32.2. The van der Waals surface area contributed by atoms with Crippen LogP contribution in [0.1, 0.15) is 57.1 Å². The molecule has 0 saturated carbocycles. The van der Waals surface area contributed by atoms with Crippen molar-refractivity contribution in [2.45, 2.75) is 45.7 Å². The Morgan fingerprint density at radius 3 is 2.37 bits per heavy atom. The summed E-state index contributed by atoms with van der Waals surface area (Å²) < 4.78 is 32.0. The molecule has 0 aromatic heterocycles. The van der Waals surface area contributed by atoms with E-state index in [2.05, 4.69) is 5.32 Å². The van der Waals surface area contributed by atoms with Gasteiger partial charge >= 0.3 is 0 Å². The Kier molecular flexibility index (Phi) is 7.17. The molecule has 0 bridgehead atoms. The first-order chi connectivity index (χ1) is 16.7. The topological polar surface area (TPSA) is 75.7 Å². The van der Waals surface area contributed by atoms with E-state index in [1.54, 1.807) is 19.2 Å². The maximum Gasteiger partial charge on any atom is 0.251 e. The SMILES string of the molecule is COc1ccc2c(c1)CCCC2NC(=O)c1ccc(CN(c2c(C)cccc2C)S(C)(=O)=O)cc1. The van der Waals surface area contributed by atoms with Gasteiger partial charge in [0.2, 0.25) is 10.0 Å². The number of fused-ring (bicyclic) bond motifs is 1. The summed E-state index contributed by atoms with van der Waals surface area (Å²) >= 11 is 0. The van der Waals surface area contributed by atoms with Gasteiger partial charge in [-0.3, -0.25) is 9.10 Å². The van der Waals surface area contributed by atoms with Gasteiger partial charge < -0.3 is 10.1 Å². The summed E-state index contributed by atoms with van der Waals surface area (Å²) in [5.74, 6) is 0.690. The predicted octanol–water partition coefficient (Wildman–Crippen LogP) is 5.09. The van der Waals surface area contributed by atoms with Crippen LogP contribution in [0.15, 0.2) is 60.7 Å². The average molecular weight is 493 g/mol. The quantitative estimate of drug-likeness (QED) is 0.499. The molecule has 7 heteroatoms. The summed E-state index contributed by atoms with van der Waals surface area (Å²) in [5.41, 5.74) is 6.21. The summed E-state index contributed by atoms with van der Waals surface area (Å²) in [5, 5.41) is 3.17. The molecular formula is C28H32N2O4S. The molecule has 6 nitrogen and oxygen atoms in total. The molecular weight excluding hydrogens is 460 g/mol. The van der Waals surface area contributed by atoms with Crippen LogP contribution in [0.25, 0.3) is 0 Å². The molecule has 0 radical (unpaired) electrons. The van der Waals surface area contributed by atoms with Crippen LogP contribution in [-0.2, 0) is 23.0 Å². The van der Waals surface area contributed by atoms with Crippen LogP contribution in [0.2, 0.25) is 0 Å². The molecule has 0 fully saturated rings. The molecule has 1 N–H and O–H groups in total. The maximum atomic E-state index is 13.0. The maximum absolute atomic E-state index is 13.0. The Hall–Kier alpha value is -3.32. The Morgan fingerprint density at radius 1 is 1.06 bits per heavy atom. The van der Waals surface area contributed by atoms with Gasteiger partial charge in [0.05, 0.1) is 31.6 Å². The monoisotopic (exact) mass is 492 g/mol. The molecule has 1 atom stereocenters. The Bertz CT molecular complexity index is 1310. The molecule has 1 amide bonds. The fourth-order valence-electron chi connectivity index (χ4n) is 4.80. The number of carbonyl (C=O) groups is 1. The molecule has 3 aromatic rings. The third-order valence-electron chi connectivity index (χ3n) is 6.60. The number of methoxy groups -OCH3 is 1. The lowest BCUT2D eigenvalue weighted by atomic mass is 9.87. The number of aryl methyl sites for hydroxylation is 3. The second kappa shape index (κ2) is 10.1. The molecule has 184 valence electrons. The average Bonchev–Trinajstić information content (AvgIpc) is 2.83. The van der Waals surface area contributed by atoms with Gasteiger partial charge in [0.15, 0.2) is 0 Å². The highest BCUT2D eigenvalue weighted by Gasteiger charge is 2.24. The van der Waals surface area contributed by atoms with Gasteiger partial charge in [-0.25, -0.2) is 8.42 Å². The van der Waals surface area contributed by atoms with E-state index in [1.807, 2.05) is 62.4 Å². The van der Waals surface area contributed by atoms with Crippen molar-refractivity contribution < 1.29 is 17.9 Å². The van der Waals surface area contributed by atoms with E-state index in [0.29, 0.717) is 11.3 Å². The summed E-state index contributed by atoms with van der Waals surface area (Å²) in [7, 11) is -1.84. The number of benzene rings is 3. The second-order valence-corrected chi connectivity index (χ2v) is 11.1. The van der Waals surface area contributed by atoms with Crippen molar-refractivity contribution in [2.24, 2.45) is 0 Å². The van der Waals surface area contributed by atoms with E-state index in [-0.39, 0.29) is 18.5 Å². The van der Waals surface area contributed by atoms with Crippen LogP contribution < -0.4 is 14.4 Å². The summed E-state index contributed by atoms with van der Waals surface area (Å²) in [4.78, 5) is 13.0. The number of sulfonamides is 1. The number of rotatable bonds is 7. The van der Waals surface area contributed by atoms with E-state index >= 15 is 0 Å². The number of nitrogens with one attached hydrogen (secondary N) is 1. The van der Waals surface area contributed by atoms with Crippen LogP contribution in [0, 0.1) is 13.8 Å². The van der Waals surface area contributed by atoms with Gasteiger partial charge in [0, 0.05) is 5.56 Å². The molecule has 1 aliphatic carbocycles. The van der Waals surface area contributed by atoms with Gasteiger partial charge in [-0.05, 0) is 85.2 Å². The first-order valence-corrected chi connectivity index (χ1v) is 13.6. The molecule has 3 aromatic carbocycles. The van der Waals surface area contributed by atoms with Crippen molar-refractivity contribution in [3.63, 3.8) is 0 Å². The van der Waals surface area contributed by atoms with Crippen LogP contribution in [0.4, 0.5) is 5.69 Å². The highest BCUT2D eigenvalue weighted by Crippen LogP contribution is 2.32. The molecule has 1 unspecified atom stereocenters. The normalized spacial score (nSPS) is 15.3.